The molecule has 1 aromatic rings. The topological polar surface area (TPSA) is 18.5 Å². The van der Waals surface area contributed by atoms with Crippen LogP contribution in [0.4, 0.5) is 0 Å². The SMILES string of the molecule is CCNC(c1ccc(Cl)c(Cl)c1)C1CN(C)CCCN1C. The van der Waals surface area contributed by atoms with Gasteiger partial charge in [-0.05, 0) is 57.8 Å². The molecule has 0 bridgehead atoms. The maximum atomic E-state index is 6.21. The average Bonchev–Trinajstić information content (AvgIpc) is 2.61. The summed E-state index contributed by atoms with van der Waals surface area (Å²) in [5.41, 5.74) is 1.21. The molecule has 0 aromatic heterocycles. The molecule has 0 aliphatic carbocycles. The predicted octanol–water partition coefficient (Wildman–Crippen LogP) is 3.28. The Bertz CT molecular complexity index is 467. The van der Waals surface area contributed by atoms with Gasteiger partial charge in [-0.3, -0.25) is 0 Å². The minimum atomic E-state index is 0.260. The first-order chi connectivity index (χ1) is 10.0. The molecule has 0 radical (unpaired) electrons. The Hall–Kier alpha value is -0.320. The zero-order chi connectivity index (χ0) is 15.4. The molecule has 1 aliphatic heterocycles. The van der Waals surface area contributed by atoms with Gasteiger partial charge in [0.15, 0.2) is 0 Å². The van der Waals surface area contributed by atoms with Crippen molar-refractivity contribution in [2.45, 2.75) is 25.4 Å². The number of likely N-dealkylation sites (N-methyl/N-ethyl adjacent to an activating group) is 3. The van der Waals surface area contributed by atoms with Gasteiger partial charge in [-0.1, -0.05) is 36.2 Å². The lowest BCUT2D eigenvalue weighted by molar-refractivity contribution is 0.179. The van der Waals surface area contributed by atoms with Crippen LogP contribution in [0.25, 0.3) is 0 Å². The molecule has 1 aliphatic rings. The Morgan fingerprint density at radius 2 is 2.00 bits per heavy atom. The molecule has 2 unspecified atom stereocenters. The monoisotopic (exact) mass is 329 g/mol. The van der Waals surface area contributed by atoms with Crippen LogP contribution < -0.4 is 5.32 Å². The van der Waals surface area contributed by atoms with E-state index in [9.17, 15) is 0 Å². The molecule has 2 atom stereocenters. The van der Waals surface area contributed by atoms with Gasteiger partial charge >= 0.3 is 0 Å². The zero-order valence-electron chi connectivity index (χ0n) is 13.1. The van der Waals surface area contributed by atoms with Crippen molar-refractivity contribution in [3.05, 3.63) is 33.8 Å². The maximum Gasteiger partial charge on any atom is 0.0595 e. The molecule has 3 nitrogen and oxygen atoms in total. The van der Waals surface area contributed by atoms with Crippen molar-refractivity contribution < 1.29 is 0 Å². The van der Waals surface area contributed by atoms with E-state index in [2.05, 4.69) is 42.2 Å². The Morgan fingerprint density at radius 3 is 2.67 bits per heavy atom. The van der Waals surface area contributed by atoms with Crippen molar-refractivity contribution in [3.8, 4) is 0 Å². The molecule has 0 saturated carbocycles. The minimum Gasteiger partial charge on any atom is -0.309 e. The number of rotatable bonds is 4. The highest BCUT2D eigenvalue weighted by atomic mass is 35.5. The Balaban J connectivity index is 2.29. The number of halogens is 2. The number of benzene rings is 1. The van der Waals surface area contributed by atoms with Gasteiger partial charge in [0.2, 0.25) is 0 Å². The fourth-order valence-electron chi connectivity index (χ4n) is 3.07. The van der Waals surface area contributed by atoms with E-state index in [4.69, 9.17) is 23.2 Å². The summed E-state index contributed by atoms with van der Waals surface area (Å²) in [5, 5.41) is 4.86. The third-order valence-electron chi connectivity index (χ3n) is 4.23. The largest absolute Gasteiger partial charge is 0.309 e. The fraction of sp³-hybridized carbons (Fsp3) is 0.625. The van der Waals surface area contributed by atoms with Gasteiger partial charge in [0, 0.05) is 18.6 Å². The highest BCUT2D eigenvalue weighted by molar-refractivity contribution is 6.42. The third kappa shape index (κ3) is 4.33. The number of nitrogens with zero attached hydrogens (tertiary/aromatic N) is 2. The van der Waals surface area contributed by atoms with Crippen molar-refractivity contribution in [2.75, 3.05) is 40.3 Å². The highest BCUT2D eigenvalue weighted by Gasteiger charge is 2.29. The van der Waals surface area contributed by atoms with Crippen molar-refractivity contribution in [2.24, 2.45) is 0 Å². The molecule has 1 N–H and O–H groups in total. The van der Waals surface area contributed by atoms with E-state index in [1.54, 1.807) is 0 Å². The molecule has 1 heterocycles. The summed E-state index contributed by atoms with van der Waals surface area (Å²) in [4.78, 5) is 4.87. The molecular formula is C16H25Cl2N3. The molecule has 1 saturated heterocycles. The zero-order valence-corrected chi connectivity index (χ0v) is 14.6. The summed E-state index contributed by atoms with van der Waals surface area (Å²) in [5.74, 6) is 0. The first-order valence-electron chi connectivity index (χ1n) is 7.60. The van der Waals surface area contributed by atoms with E-state index in [0.29, 0.717) is 16.1 Å². The molecular weight excluding hydrogens is 305 g/mol. The van der Waals surface area contributed by atoms with Gasteiger partial charge in [0.1, 0.15) is 0 Å². The molecule has 0 amide bonds. The predicted molar refractivity (Wildman–Crippen MR) is 91.4 cm³/mol. The van der Waals surface area contributed by atoms with Crippen LogP contribution in [0, 0.1) is 0 Å². The molecule has 1 fully saturated rings. The number of hydrogen-bond acceptors (Lipinski definition) is 3. The molecule has 118 valence electrons. The lowest BCUT2D eigenvalue weighted by Crippen LogP contribution is -2.47. The van der Waals surface area contributed by atoms with Crippen LogP contribution in [-0.2, 0) is 0 Å². The third-order valence-corrected chi connectivity index (χ3v) is 4.97. The Labute approximate surface area is 138 Å². The maximum absolute atomic E-state index is 6.21. The number of hydrogen-bond donors (Lipinski definition) is 1. The Kier molecular flexibility index (Phi) is 6.33. The second-order valence-corrected chi connectivity index (χ2v) is 6.69. The summed E-state index contributed by atoms with van der Waals surface area (Å²) < 4.78 is 0. The van der Waals surface area contributed by atoms with Gasteiger partial charge < -0.3 is 15.1 Å². The van der Waals surface area contributed by atoms with Crippen LogP contribution in [0.5, 0.6) is 0 Å². The van der Waals surface area contributed by atoms with Crippen LogP contribution in [0.2, 0.25) is 10.0 Å². The van der Waals surface area contributed by atoms with Gasteiger partial charge in [0.05, 0.1) is 10.0 Å². The summed E-state index contributed by atoms with van der Waals surface area (Å²) in [6.07, 6.45) is 1.21. The van der Waals surface area contributed by atoms with Gasteiger partial charge in [-0.25, -0.2) is 0 Å². The van der Waals surface area contributed by atoms with Crippen LogP contribution in [-0.4, -0.2) is 56.1 Å². The lowest BCUT2D eigenvalue weighted by Gasteiger charge is -2.35. The van der Waals surface area contributed by atoms with Crippen molar-refractivity contribution in [1.29, 1.82) is 0 Å². The molecule has 21 heavy (non-hydrogen) atoms. The molecule has 0 spiro atoms. The average molecular weight is 330 g/mol. The van der Waals surface area contributed by atoms with E-state index in [-0.39, 0.29) is 6.04 Å². The summed E-state index contributed by atoms with van der Waals surface area (Å²) in [6, 6.07) is 6.66. The first-order valence-corrected chi connectivity index (χ1v) is 8.35. The summed E-state index contributed by atoms with van der Waals surface area (Å²) in [7, 11) is 4.41. The second kappa shape index (κ2) is 7.80. The van der Waals surface area contributed by atoms with Gasteiger partial charge in [-0.2, -0.15) is 0 Å². The molecule has 5 heteroatoms. The van der Waals surface area contributed by atoms with E-state index in [0.717, 1.165) is 26.2 Å². The lowest BCUT2D eigenvalue weighted by atomic mass is 9.97. The standard InChI is InChI=1S/C16H25Cl2N3/c1-4-19-16(12-6-7-13(17)14(18)10-12)15-11-20(2)8-5-9-21(15)3/h6-7,10,15-16,19H,4-5,8-9,11H2,1-3H3. The smallest absolute Gasteiger partial charge is 0.0595 e. The van der Waals surface area contributed by atoms with E-state index < -0.39 is 0 Å². The van der Waals surface area contributed by atoms with Gasteiger partial charge in [-0.15, -0.1) is 0 Å². The van der Waals surface area contributed by atoms with Crippen LogP contribution in [0.1, 0.15) is 24.9 Å². The minimum absolute atomic E-state index is 0.260. The van der Waals surface area contributed by atoms with Crippen molar-refractivity contribution in [3.63, 3.8) is 0 Å². The quantitative estimate of drug-likeness (QED) is 0.914. The second-order valence-electron chi connectivity index (χ2n) is 5.87. The Morgan fingerprint density at radius 1 is 1.24 bits per heavy atom. The molecule has 1 aromatic carbocycles. The van der Waals surface area contributed by atoms with Crippen molar-refractivity contribution in [1.82, 2.24) is 15.1 Å². The number of nitrogens with one attached hydrogen (secondary N) is 1. The summed E-state index contributed by atoms with van der Waals surface area (Å²) >= 11 is 12.3. The van der Waals surface area contributed by atoms with E-state index in [1.165, 1.54) is 12.0 Å². The van der Waals surface area contributed by atoms with Crippen LogP contribution in [0.3, 0.4) is 0 Å². The van der Waals surface area contributed by atoms with Gasteiger partial charge in [0.25, 0.3) is 0 Å². The molecule has 2 rings (SSSR count). The van der Waals surface area contributed by atoms with Crippen LogP contribution >= 0.6 is 23.2 Å². The fourth-order valence-corrected chi connectivity index (χ4v) is 3.37. The van der Waals surface area contributed by atoms with E-state index in [1.807, 2.05) is 12.1 Å². The first kappa shape index (κ1) is 17.0. The summed E-state index contributed by atoms with van der Waals surface area (Å²) in [6.45, 7) is 6.40. The normalized spacial score (nSPS) is 23.0. The van der Waals surface area contributed by atoms with Crippen LogP contribution in [0.15, 0.2) is 18.2 Å². The van der Waals surface area contributed by atoms with Crippen molar-refractivity contribution >= 4 is 23.2 Å². The highest BCUT2D eigenvalue weighted by Crippen LogP contribution is 2.29. The van der Waals surface area contributed by atoms with E-state index >= 15 is 0 Å².